The molecule has 0 aromatic carbocycles. The molecule has 0 radical (unpaired) electrons. The first kappa shape index (κ1) is 12.1. The first-order valence-electron chi connectivity index (χ1n) is 6.78. The molecule has 4 heteroatoms. The highest BCUT2D eigenvalue weighted by Crippen LogP contribution is 2.26. The Morgan fingerprint density at radius 3 is 3.00 bits per heavy atom. The smallest absolute Gasteiger partial charge is 0.280 e. The average Bonchev–Trinajstić information content (AvgIpc) is 2.48. The molecule has 0 saturated carbocycles. The van der Waals surface area contributed by atoms with E-state index in [-0.39, 0.29) is 11.6 Å². The average molecular weight is 255 g/mol. The summed E-state index contributed by atoms with van der Waals surface area (Å²) < 4.78 is 1.70. The molecule has 1 aliphatic rings. The molecule has 0 amide bonds. The largest absolute Gasteiger partial charge is 0.290 e. The first-order chi connectivity index (χ1) is 9.27. The number of allylic oxidation sites excluding steroid dienone is 2. The summed E-state index contributed by atoms with van der Waals surface area (Å²) in [5.74, 6) is 0. The minimum atomic E-state index is -0.0513. The Labute approximate surface area is 111 Å². The van der Waals surface area contributed by atoms with E-state index in [0.717, 1.165) is 12.8 Å². The second-order valence-corrected chi connectivity index (χ2v) is 5.03. The lowest BCUT2D eigenvalue weighted by Crippen LogP contribution is -2.25. The molecule has 1 aliphatic carbocycles. The Kier molecular flexibility index (Phi) is 3.15. The van der Waals surface area contributed by atoms with Crippen molar-refractivity contribution in [2.45, 2.75) is 38.6 Å². The van der Waals surface area contributed by atoms with Crippen LogP contribution in [0.25, 0.3) is 11.0 Å². The van der Waals surface area contributed by atoms with E-state index in [1.54, 1.807) is 23.2 Å². The van der Waals surface area contributed by atoms with Gasteiger partial charge in [-0.15, -0.1) is 0 Å². The van der Waals surface area contributed by atoms with E-state index in [1.807, 2.05) is 6.07 Å². The van der Waals surface area contributed by atoms with Crippen molar-refractivity contribution in [1.29, 1.82) is 0 Å². The van der Waals surface area contributed by atoms with Gasteiger partial charge in [0.05, 0.1) is 17.9 Å². The van der Waals surface area contributed by atoms with Crippen LogP contribution in [0.1, 0.15) is 38.6 Å². The molecular formula is C15H17N3O. The third-order valence-corrected chi connectivity index (χ3v) is 3.82. The van der Waals surface area contributed by atoms with Gasteiger partial charge in [-0.05, 0) is 44.7 Å². The molecule has 1 atom stereocenters. The number of pyridine rings is 1. The molecular weight excluding hydrogens is 238 g/mol. The van der Waals surface area contributed by atoms with Crippen LogP contribution in [0.3, 0.4) is 0 Å². The maximum Gasteiger partial charge on any atom is 0.280 e. The van der Waals surface area contributed by atoms with Crippen LogP contribution >= 0.6 is 0 Å². The molecule has 0 N–H and O–H groups in total. The molecule has 0 saturated heterocycles. The van der Waals surface area contributed by atoms with E-state index in [9.17, 15) is 4.79 Å². The van der Waals surface area contributed by atoms with Gasteiger partial charge in [-0.25, -0.2) is 9.97 Å². The predicted molar refractivity (Wildman–Crippen MR) is 75.1 cm³/mol. The van der Waals surface area contributed by atoms with Gasteiger partial charge in [-0.3, -0.25) is 9.36 Å². The van der Waals surface area contributed by atoms with Gasteiger partial charge < -0.3 is 0 Å². The fourth-order valence-corrected chi connectivity index (χ4v) is 2.66. The van der Waals surface area contributed by atoms with Crippen LogP contribution in [-0.4, -0.2) is 14.5 Å². The Balaban J connectivity index is 2.08. The van der Waals surface area contributed by atoms with Crippen LogP contribution < -0.4 is 5.56 Å². The highest BCUT2D eigenvalue weighted by molar-refractivity contribution is 5.71. The van der Waals surface area contributed by atoms with E-state index in [1.165, 1.54) is 18.4 Å². The zero-order valence-electron chi connectivity index (χ0n) is 11.0. The standard InChI is InChI=1S/C15H17N3O/c1-11(12-6-3-2-4-7-12)18-10-17-13-8-5-9-16-14(13)15(18)19/h5-6,8-11H,2-4,7H2,1H3/t11-/m1/s1. The summed E-state index contributed by atoms with van der Waals surface area (Å²) in [4.78, 5) is 20.9. The summed E-state index contributed by atoms with van der Waals surface area (Å²) in [6.07, 6.45) is 10.2. The second-order valence-electron chi connectivity index (χ2n) is 5.03. The molecule has 2 aromatic heterocycles. The lowest BCUT2D eigenvalue weighted by Gasteiger charge is -2.21. The molecule has 3 rings (SSSR count). The fraction of sp³-hybridized carbons (Fsp3) is 0.400. The number of aromatic nitrogens is 3. The van der Waals surface area contributed by atoms with Crippen molar-refractivity contribution in [2.75, 3.05) is 0 Å². The van der Waals surface area contributed by atoms with Crippen molar-refractivity contribution in [3.8, 4) is 0 Å². The first-order valence-corrected chi connectivity index (χ1v) is 6.78. The van der Waals surface area contributed by atoms with Gasteiger partial charge in [0, 0.05) is 6.20 Å². The van der Waals surface area contributed by atoms with Gasteiger partial charge in [0.1, 0.15) is 0 Å². The van der Waals surface area contributed by atoms with Crippen molar-refractivity contribution in [3.05, 3.63) is 46.7 Å². The molecule has 0 bridgehead atoms. The number of fused-ring (bicyclic) bond motifs is 1. The Morgan fingerprint density at radius 2 is 2.21 bits per heavy atom. The van der Waals surface area contributed by atoms with Crippen molar-refractivity contribution in [3.63, 3.8) is 0 Å². The molecule has 0 unspecified atom stereocenters. The molecule has 2 aromatic rings. The number of nitrogens with zero attached hydrogens (tertiary/aromatic N) is 3. The quantitative estimate of drug-likeness (QED) is 0.775. The lowest BCUT2D eigenvalue weighted by atomic mass is 9.94. The summed E-state index contributed by atoms with van der Waals surface area (Å²) in [7, 11) is 0. The molecule has 0 aliphatic heterocycles. The van der Waals surface area contributed by atoms with Crippen molar-refractivity contribution in [1.82, 2.24) is 14.5 Å². The van der Waals surface area contributed by atoms with E-state index in [0.29, 0.717) is 11.0 Å². The number of rotatable bonds is 2. The van der Waals surface area contributed by atoms with Gasteiger partial charge >= 0.3 is 0 Å². The van der Waals surface area contributed by atoms with Gasteiger partial charge in [-0.2, -0.15) is 0 Å². The minimum absolute atomic E-state index is 0.0513. The van der Waals surface area contributed by atoms with Crippen LogP contribution in [0.4, 0.5) is 0 Å². The molecule has 4 nitrogen and oxygen atoms in total. The maximum atomic E-state index is 12.4. The highest BCUT2D eigenvalue weighted by Gasteiger charge is 2.16. The topological polar surface area (TPSA) is 47.8 Å². The van der Waals surface area contributed by atoms with Gasteiger partial charge in [0.15, 0.2) is 5.52 Å². The third-order valence-electron chi connectivity index (χ3n) is 3.82. The minimum Gasteiger partial charge on any atom is -0.290 e. The van der Waals surface area contributed by atoms with E-state index >= 15 is 0 Å². The third kappa shape index (κ3) is 2.18. The monoisotopic (exact) mass is 255 g/mol. The molecule has 0 spiro atoms. The van der Waals surface area contributed by atoms with Gasteiger partial charge in [0.2, 0.25) is 0 Å². The summed E-state index contributed by atoms with van der Waals surface area (Å²) in [6, 6.07) is 3.69. The summed E-state index contributed by atoms with van der Waals surface area (Å²) in [5, 5.41) is 0. The van der Waals surface area contributed by atoms with Crippen LogP contribution in [0.5, 0.6) is 0 Å². The van der Waals surface area contributed by atoms with Crippen LogP contribution in [0.15, 0.2) is 41.1 Å². The van der Waals surface area contributed by atoms with E-state index in [2.05, 4.69) is 23.0 Å². The predicted octanol–water partition coefficient (Wildman–Crippen LogP) is 2.85. The normalized spacial score (nSPS) is 17.2. The van der Waals surface area contributed by atoms with Crippen LogP contribution in [-0.2, 0) is 0 Å². The molecule has 19 heavy (non-hydrogen) atoms. The Morgan fingerprint density at radius 1 is 1.32 bits per heavy atom. The van der Waals surface area contributed by atoms with E-state index in [4.69, 9.17) is 0 Å². The summed E-state index contributed by atoms with van der Waals surface area (Å²) >= 11 is 0. The summed E-state index contributed by atoms with van der Waals surface area (Å²) in [6.45, 7) is 2.06. The molecule has 0 fully saturated rings. The number of hydrogen-bond acceptors (Lipinski definition) is 3. The fourth-order valence-electron chi connectivity index (χ4n) is 2.66. The maximum absolute atomic E-state index is 12.4. The molecule has 2 heterocycles. The van der Waals surface area contributed by atoms with Gasteiger partial charge in [-0.1, -0.05) is 11.6 Å². The zero-order chi connectivity index (χ0) is 13.2. The van der Waals surface area contributed by atoms with Gasteiger partial charge in [0.25, 0.3) is 5.56 Å². The Bertz CT molecular complexity index is 687. The van der Waals surface area contributed by atoms with Crippen LogP contribution in [0, 0.1) is 0 Å². The second kappa shape index (κ2) is 4.96. The van der Waals surface area contributed by atoms with Crippen molar-refractivity contribution in [2.24, 2.45) is 0 Å². The SMILES string of the molecule is C[C@H](C1=CCCCC1)n1cnc2cccnc2c1=O. The lowest BCUT2D eigenvalue weighted by molar-refractivity contribution is 0.544. The van der Waals surface area contributed by atoms with Crippen LogP contribution in [0.2, 0.25) is 0 Å². The zero-order valence-corrected chi connectivity index (χ0v) is 11.0. The van der Waals surface area contributed by atoms with Crippen molar-refractivity contribution < 1.29 is 0 Å². The highest BCUT2D eigenvalue weighted by atomic mass is 16.1. The van der Waals surface area contributed by atoms with E-state index < -0.39 is 0 Å². The number of hydrogen-bond donors (Lipinski definition) is 0. The van der Waals surface area contributed by atoms with Crippen molar-refractivity contribution >= 4 is 11.0 Å². The Hall–Kier alpha value is -1.97. The molecule has 98 valence electrons. The summed E-state index contributed by atoms with van der Waals surface area (Å²) in [5.41, 5.74) is 2.40.